The smallest absolute Gasteiger partial charge is 0.231 e. The van der Waals surface area contributed by atoms with Gasteiger partial charge in [-0.25, -0.2) is 0 Å². The zero-order valence-corrected chi connectivity index (χ0v) is 12.1. The van der Waals surface area contributed by atoms with E-state index >= 15 is 0 Å². The van der Waals surface area contributed by atoms with Gasteiger partial charge in [0.1, 0.15) is 0 Å². The molecule has 2 aromatic rings. The Bertz CT molecular complexity index is 626. The minimum atomic E-state index is 0.314. The van der Waals surface area contributed by atoms with Gasteiger partial charge in [-0.05, 0) is 49.6 Å². The van der Waals surface area contributed by atoms with Gasteiger partial charge < -0.3 is 14.8 Å². The molecule has 20 heavy (non-hydrogen) atoms. The Balaban J connectivity index is 1.77. The van der Waals surface area contributed by atoms with E-state index < -0.39 is 0 Å². The Hall–Kier alpha value is -2.16. The molecule has 0 saturated heterocycles. The summed E-state index contributed by atoms with van der Waals surface area (Å²) in [5.74, 6) is 1.63. The zero-order chi connectivity index (χ0) is 14.1. The Kier molecular flexibility index (Phi) is 3.26. The van der Waals surface area contributed by atoms with E-state index in [9.17, 15) is 0 Å². The molecule has 0 bridgehead atoms. The van der Waals surface area contributed by atoms with Crippen molar-refractivity contribution in [3.63, 3.8) is 0 Å². The molecule has 1 N–H and O–H groups in total. The lowest BCUT2D eigenvalue weighted by molar-refractivity contribution is 0.174. The molecule has 2 aromatic carbocycles. The fraction of sp³-hybridized carbons (Fsp3) is 0.294. The number of benzene rings is 2. The van der Waals surface area contributed by atoms with Crippen LogP contribution in [0.4, 0.5) is 5.69 Å². The molecule has 0 radical (unpaired) electrons. The summed E-state index contributed by atoms with van der Waals surface area (Å²) in [5.41, 5.74) is 6.38. The molecular weight excluding hydrogens is 250 g/mol. The van der Waals surface area contributed by atoms with Crippen LogP contribution in [0.15, 0.2) is 30.3 Å². The average Bonchev–Trinajstić information content (AvgIpc) is 2.84. The second-order valence-corrected chi connectivity index (χ2v) is 5.30. The van der Waals surface area contributed by atoms with Gasteiger partial charge in [0, 0.05) is 18.3 Å². The molecule has 104 valence electrons. The lowest BCUT2D eigenvalue weighted by Crippen LogP contribution is -2.04. The molecule has 0 amide bonds. The van der Waals surface area contributed by atoms with Crippen LogP contribution in [0.5, 0.6) is 11.5 Å². The van der Waals surface area contributed by atoms with Gasteiger partial charge >= 0.3 is 0 Å². The Morgan fingerprint density at radius 3 is 2.40 bits per heavy atom. The van der Waals surface area contributed by atoms with E-state index in [4.69, 9.17) is 9.47 Å². The lowest BCUT2D eigenvalue weighted by atomic mass is 10.00. The van der Waals surface area contributed by atoms with Crippen LogP contribution in [0.1, 0.15) is 22.3 Å². The van der Waals surface area contributed by atoms with Gasteiger partial charge in [-0.2, -0.15) is 0 Å². The van der Waals surface area contributed by atoms with Crippen LogP contribution in [-0.4, -0.2) is 6.79 Å². The van der Waals surface area contributed by atoms with E-state index in [1.807, 2.05) is 18.2 Å². The first-order valence-electron chi connectivity index (χ1n) is 6.84. The third kappa shape index (κ3) is 2.44. The molecule has 0 fully saturated rings. The van der Waals surface area contributed by atoms with Crippen LogP contribution in [0.3, 0.4) is 0 Å². The van der Waals surface area contributed by atoms with Crippen molar-refractivity contribution in [2.45, 2.75) is 27.3 Å². The van der Waals surface area contributed by atoms with Crippen molar-refractivity contribution in [2.24, 2.45) is 0 Å². The van der Waals surface area contributed by atoms with Crippen LogP contribution < -0.4 is 14.8 Å². The fourth-order valence-corrected chi connectivity index (χ4v) is 2.69. The summed E-state index contributed by atoms with van der Waals surface area (Å²) < 4.78 is 10.7. The van der Waals surface area contributed by atoms with Crippen LogP contribution in [0.2, 0.25) is 0 Å². The number of rotatable bonds is 3. The molecule has 3 nitrogen and oxygen atoms in total. The maximum Gasteiger partial charge on any atom is 0.231 e. The van der Waals surface area contributed by atoms with Gasteiger partial charge in [0.25, 0.3) is 0 Å². The van der Waals surface area contributed by atoms with Crippen molar-refractivity contribution in [3.05, 3.63) is 52.6 Å². The maximum absolute atomic E-state index is 5.39. The summed E-state index contributed by atoms with van der Waals surface area (Å²) in [6.07, 6.45) is 0. The van der Waals surface area contributed by atoms with E-state index in [2.05, 4.69) is 38.2 Å². The number of ether oxygens (including phenoxy) is 2. The molecule has 0 saturated carbocycles. The van der Waals surface area contributed by atoms with Gasteiger partial charge in [-0.3, -0.25) is 0 Å². The Morgan fingerprint density at radius 1 is 0.950 bits per heavy atom. The van der Waals surface area contributed by atoms with Crippen molar-refractivity contribution >= 4 is 5.69 Å². The third-order valence-corrected chi connectivity index (χ3v) is 3.68. The second kappa shape index (κ2) is 5.08. The number of nitrogens with one attached hydrogen (secondary N) is 1. The minimum absolute atomic E-state index is 0.314. The monoisotopic (exact) mass is 269 g/mol. The van der Waals surface area contributed by atoms with Crippen molar-refractivity contribution in [1.82, 2.24) is 0 Å². The Morgan fingerprint density at radius 2 is 1.65 bits per heavy atom. The average molecular weight is 269 g/mol. The highest BCUT2D eigenvalue weighted by molar-refractivity contribution is 5.56. The fourth-order valence-electron chi connectivity index (χ4n) is 2.69. The van der Waals surface area contributed by atoms with Gasteiger partial charge in [0.2, 0.25) is 6.79 Å². The molecule has 1 aliphatic rings. The molecule has 3 heteroatoms. The van der Waals surface area contributed by atoms with E-state index in [1.54, 1.807) is 0 Å². The predicted molar refractivity (Wildman–Crippen MR) is 80.5 cm³/mol. The van der Waals surface area contributed by atoms with Crippen molar-refractivity contribution in [3.8, 4) is 11.5 Å². The van der Waals surface area contributed by atoms with E-state index in [0.717, 1.165) is 23.7 Å². The molecule has 1 aliphatic heterocycles. The molecule has 1 heterocycles. The van der Waals surface area contributed by atoms with Gasteiger partial charge in [0.15, 0.2) is 11.5 Å². The largest absolute Gasteiger partial charge is 0.454 e. The summed E-state index contributed by atoms with van der Waals surface area (Å²) in [7, 11) is 0. The predicted octanol–water partition coefficient (Wildman–Crippen LogP) is 3.95. The summed E-state index contributed by atoms with van der Waals surface area (Å²) in [6.45, 7) is 7.59. The van der Waals surface area contributed by atoms with Gasteiger partial charge in [0.05, 0.1) is 0 Å². The lowest BCUT2D eigenvalue weighted by Gasteiger charge is -2.13. The van der Waals surface area contributed by atoms with Crippen LogP contribution >= 0.6 is 0 Å². The highest BCUT2D eigenvalue weighted by atomic mass is 16.7. The summed E-state index contributed by atoms with van der Waals surface area (Å²) in [6, 6.07) is 10.4. The summed E-state index contributed by atoms with van der Waals surface area (Å²) in [4.78, 5) is 0. The molecule has 0 spiro atoms. The van der Waals surface area contributed by atoms with Crippen molar-refractivity contribution in [2.75, 3.05) is 12.1 Å². The quantitative estimate of drug-likeness (QED) is 0.915. The number of hydrogen-bond acceptors (Lipinski definition) is 3. The normalized spacial score (nSPS) is 12.6. The van der Waals surface area contributed by atoms with Crippen molar-refractivity contribution in [1.29, 1.82) is 0 Å². The molecule has 0 atom stereocenters. The van der Waals surface area contributed by atoms with E-state index in [1.165, 1.54) is 22.3 Å². The first kappa shape index (κ1) is 12.9. The molecular formula is C17H19NO2. The highest BCUT2D eigenvalue weighted by Gasteiger charge is 2.13. The topological polar surface area (TPSA) is 30.5 Å². The molecule has 0 aromatic heterocycles. The first-order chi connectivity index (χ1) is 9.63. The number of fused-ring (bicyclic) bond motifs is 1. The number of anilines is 1. The van der Waals surface area contributed by atoms with Gasteiger partial charge in [-0.1, -0.05) is 17.7 Å². The number of hydrogen-bond donors (Lipinski definition) is 1. The van der Waals surface area contributed by atoms with Crippen LogP contribution in [0.25, 0.3) is 0 Å². The molecule has 0 aliphatic carbocycles. The third-order valence-electron chi connectivity index (χ3n) is 3.68. The first-order valence-corrected chi connectivity index (χ1v) is 6.84. The van der Waals surface area contributed by atoms with E-state index in [0.29, 0.717) is 6.79 Å². The SMILES string of the molecule is Cc1cc(C)c(CNc2ccc3c(c2)OCO3)c(C)c1. The summed E-state index contributed by atoms with van der Waals surface area (Å²) in [5, 5.41) is 3.46. The second-order valence-electron chi connectivity index (χ2n) is 5.30. The Labute approximate surface area is 119 Å². The summed E-state index contributed by atoms with van der Waals surface area (Å²) >= 11 is 0. The standard InChI is InChI=1S/C17H19NO2/c1-11-6-12(2)15(13(3)7-11)9-18-14-4-5-16-17(8-14)20-10-19-16/h4-8,18H,9-10H2,1-3H3. The van der Waals surface area contributed by atoms with Gasteiger partial charge in [-0.15, -0.1) is 0 Å². The van der Waals surface area contributed by atoms with E-state index in [-0.39, 0.29) is 0 Å². The van der Waals surface area contributed by atoms with Crippen LogP contribution in [0, 0.1) is 20.8 Å². The highest BCUT2D eigenvalue weighted by Crippen LogP contribution is 2.34. The maximum atomic E-state index is 5.39. The zero-order valence-electron chi connectivity index (χ0n) is 12.1. The minimum Gasteiger partial charge on any atom is -0.454 e. The molecule has 0 unspecified atom stereocenters. The van der Waals surface area contributed by atoms with Crippen LogP contribution in [-0.2, 0) is 6.54 Å². The number of aryl methyl sites for hydroxylation is 3. The molecule has 3 rings (SSSR count). The van der Waals surface area contributed by atoms with Crippen molar-refractivity contribution < 1.29 is 9.47 Å².